The van der Waals surface area contributed by atoms with Crippen molar-refractivity contribution in [2.75, 3.05) is 16.0 Å². The van der Waals surface area contributed by atoms with Gasteiger partial charge in [-0.05, 0) is 43.4 Å². The van der Waals surface area contributed by atoms with E-state index >= 15 is 0 Å². The summed E-state index contributed by atoms with van der Waals surface area (Å²) in [5.41, 5.74) is 3.31. The molecule has 2 aliphatic rings. The van der Waals surface area contributed by atoms with Gasteiger partial charge < -0.3 is 5.32 Å². The van der Waals surface area contributed by atoms with E-state index in [0.29, 0.717) is 11.3 Å². The molecule has 0 saturated carbocycles. The maximum atomic E-state index is 13.8. The van der Waals surface area contributed by atoms with Crippen LogP contribution in [0.1, 0.15) is 50.4 Å². The van der Waals surface area contributed by atoms with Gasteiger partial charge in [-0.15, -0.1) is 23.1 Å². The van der Waals surface area contributed by atoms with E-state index in [1.165, 1.54) is 35.0 Å². The Balaban J connectivity index is 1.46. The van der Waals surface area contributed by atoms with Gasteiger partial charge in [0.15, 0.2) is 11.3 Å². The smallest absolute Gasteiger partial charge is 0.263 e. The number of amides is 1. The maximum Gasteiger partial charge on any atom is 0.263 e. The van der Waals surface area contributed by atoms with Crippen molar-refractivity contribution in [3.8, 4) is 0 Å². The van der Waals surface area contributed by atoms with Crippen molar-refractivity contribution in [1.82, 2.24) is 0 Å². The molecule has 0 radical (unpaired) electrons. The molecule has 0 bridgehead atoms. The molecule has 1 aliphatic heterocycles. The zero-order valence-electron chi connectivity index (χ0n) is 17.2. The van der Waals surface area contributed by atoms with Crippen molar-refractivity contribution >= 4 is 45.5 Å². The van der Waals surface area contributed by atoms with Crippen LogP contribution < -0.4 is 10.2 Å². The van der Waals surface area contributed by atoms with Crippen LogP contribution in [-0.4, -0.2) is 22.9 Å². The summed E-state index contributed by atoms with van der Waals surface area (Å²) in [4.78, 5) is 29.7. The van der Waals surface area contributed by atoms with Crippen LogP contribution in [0.15, 0.2) is 60.7 Å². The molecule has 2 heterocycles. The minimum atomic E-state index is -0.322. The van der Waals surface area contributed by atoms with Crippen LogP contribution in [0.3, 0.4) is 0 Å². The predicted molar refractivity (Wildman–Crippen MR) is 129 cm³/mol. The molecule has 0 saturated heterocycles. The van der Waals surface area contributed by atoms with E-state index < -0.39 is 0 Å². The number of Topliss-reactive ketones (excluding diaryl/α,β-unsaturated/α-hetero) is 1. The molecular weight excluding hydrogens is 424 g/mol. The van der Waals surface area contributed by atoms with Gasteiger partial charge in [-0.1, -0.05) is 55.0 Å². The summed E-state index contributed by atoms with van der Waals surface area (Å²) in [6.07, 6.45) is 5.57. The second-order valence-electron chi connectivity index (χ2n) is 7.88. The summed E-state index contributed by atoms with van der Waals surface area (Å²) in [5, 5.41) is 4.56. The SMILES string of the molecule is O=C(CSC1Nc2sc3c(c2C(=O)N1c1ccccc1)CCCCC3)c1ccccc1. The number of carbonyl (C=O) groups excluding carboxylic acids is 2. The average Bonchev–Trinajstić information content (AvgIpc) is 3.00. The number of thioether (sulfide) groups is 1. The average molecular weight is 449 g/mol. The first kappa shape index (κ1) is 20.3. The van der Waals surface area contributed by atoms with Crippen LogP contribution in [0, 0.1) is 0 Å². The first-order valence-electron chi connectivity index (χ1n) is 10.7. The molecule has 1 amide bonds. The van der Waals surface area contributed by atoms with Crippen LogP contribution in [-0.2, 0) is 12.8 Å². The van der Waals surface area contributed by atoms with Crippen molar-refractivity contribution in [1.29, 1.82) is 0 Å². The van der Waals surface area contributed by atoms with Gasteiger partial charge >= 0.3 is 0 Å². The van der Waals surface area contributed by atoms with Gasteiger partial charge in [0.25, 0.3) is 5.91 Å². The second kappa shape index (κ2) is 8.89. The third-order valence-electron chi connectivity index (χ3n) is 5.85. The molecule has 2 aromatic carbocycles. The number of aryl methyl sites for hydroxylation is 1. The highest BCUT2D eigenvalue weighted by Crippen LogP contribution is 2.43. The van der Waals surface area contributed by atoms with E-state index in [2.05, 4.69) is 5.32 Å². The fourth-order valence-electron chi connectivity index (χ4n) is 4.29. The van der Waals surface area contributed by atoms with Gasteiger partial charge in [-0.2, -0.15) is 0 Å². The van der Waals surface area contributed by atoms with E-state index in [9.17, 15) is 9.59 Å². The summed E-state index contributed by atoms with van der Waals surface area (Å²) >= 11 is 3.20. The molecule has 1 aliphatic carbocycles. The van der Waals surface area contributed by atoms with Gasteiger partial charge in [0.1, 0.15) is 5.00 Å². The van der Waals surface area contributed by atoms with Crippen LogP contribution in [0.5, 0.6) is 0 Å². The lowest BCUT2D eigenvalue weighted by molar-refractivity contribution is 0.0979. The standard InChI is InChI=1S/C25H24N2O2S2/c28-20(17-10-4-1-5-11-17)16-30-25-26-23-22(19-14-8-3-9-15-21(19)31-23)24(29)27(25)18-12-6-2-7-13-18/h1-2,4-7,10-13,25-26H,3,8-9,14-16H2. The lowest BCUT2D eigenvalue weighted by atomic mass is 10.0. The quantitative estimate of drug-likeness (QED) is 0.385. The lowest BCUT2D eigenvalue weighted by Gasteiger charge is -2.36. The van der Waals surface area contributed by atoms with Crippen molar-refractivity contribution < 1.29 is 9.59 Å². The first-order valence-corrected chi connectivity index (χ1v) is 12.6. The molecule has 31 heavy (non-hydrogen) atoms. The second-order valence-corrected chi connectivity index (χ2v) is 10.0. The number of hydrogen-bond acceptors (Lipinski definition) is 5. The van der Waals surface area contributed by atoms with Crippen molar-refractivity contribution in [3.05, 3.63) is 82.2 Å². The minimum Gasteiger partial charge on any atom is -0.347 e. The minimum absolute atomic E-state index is 0.0454. The Labute approximate surface area is 190 Å². The molecular formula is C25H24N2O2S2. The molecule has 4 nitrogen and oxygen atoms in total. The Morgan fingerprint density at radius 2 is 1.71 bits per heavy atom. The number of anilines is 2. The Hall–Kier alpha value is -2.57. The maximum absolute atomic E-state index is 13.8. The van der Waals surface area contributed by atoms with E-state index in [4.69, 9.17) is 0 Å². The van der Waals surface area contributed by atoms with Crippen molar-refractivity contribution in [3.63, 3.8) is 0 Å². The van der Waals surface area contributed by atoms with Gasteiger partial charge in [-0.3, -0.25) is 14.5 Å². The third-order valence-corrected chi connectivity index (χ3v) is 8.14. The van der Waals surface area contributed by atoms with Gasteiger partial charge in [0, 0.05) is 16.1 Å². The van der Waals surface area contributed by atoms with Crippen LogP contribution in [0.4, 0.5) is 10.7 Å². The Morgan fingerprint density at radius 1 is 1.00 bits per heavy atom. The highest BCUT2D eigenvalue weighted by atomic mass is 32.2. The number of carbonyl (C=O) groups is 2. The summed E-state index contributed by atoms with van der Waals surface area (Å²) in [7, 11) is 0. The predicted octanol–water partition coefficient (Wildman–Crippen LogP) is 5.99. The summed E-state index contributed by atoms with van der Waals surface area (Å²) in [6, 6.07) is 19.1. The van der Waals surface area contributed by atoms with Gasteiger partial charge in [0.05, 0.1) is 11.3 Å². The highest BCUT2D eigenvalue weighted by Gasteiger charge is 2.38. The monoisotopic (exact) mass is 448 g/mol. The number of nitrogens with zero attached hydrogens (tertiary/aromatic N) is 1. The Bertz CT molecular complexity index is 1100. The van der Waals surface area contributed by atoms with Crippen LogP contribution >= 0.6 is 23.1 Å². The summed E-state index contributed by atoms with van der Waals surface area (Å²) in [6.45, 7) is 0. The third kappa shape index (κ3) is 4.02. The first-order chi connectivity index (χ1) is 15.2. The summed E-state index contributed by atoms with van der Waals surface area (Å²) < 4.78 is 0. The van der Waals surface area contributed by atoms with E-state index in [1.54, 1.807) is 11.3 Å². The Kier molecular flexibility index (Phi) is 5.83. The molecule has 1 unspecified atom stereocenters. The van der Waals surface area contributed by atoms with Crippen molar-refractivity contribution in [2.24, 2.45) is 0 Å². The molecule has 0 spiro atoms. The van der Waals surface area contributed by atoms with E-state index in [0.717, 1.165) is 35.5 Å². The lowest BCUT2D eigenvalue weighted by Crippen LogP contribution is -2.47. The largest absolute Gasteiger partial charge is 0.347 e. The molecule has 1 aromatic heterocycles. The number of hydrogen-bond donors (Lipinski definition) is 1. The van der Waals surface area contributed by atoms with Crippen LogP contribution in [0.2, 0.25) is 0 Å². The number of benzene rings is 2. The van der Waals surface area contributed by atoms with Gasteiger partial charge in [0.2, 0.25) is 0 Å². The number of thiophene rings is 1. The highest BCUT2D eigenvalue weighted by molar-refractivity contribution is 8.00. The number of ketones is 1. The Morgan fingerprint density at radius 3 is 2.48 bits per heavy atom. The number of fused-ring (bicyclic) bond motifs is 3. The normalized spacial score (nSPS) is 18.0. The number of rotatable bonds is 5. The molecule has 3 aromatic rings. The number of para-hydroxylation sites is 1. The zero-order valence-corrected chi connectivity index (χ0v) is 18.8. The molecule has 6 heteroatoms. The molecule has 1 N–H and O–H groups in total. The fraction of sp³-hybridized carbons (Fsp3) is 0.280. The van der Waals surface area contributed by atoms with E-state index in [-0.39, 0.29) is 17.2 Å². The van der Waals surface area contributed by atoms with Crippen molar-refractivity contribution in [2.45, 2.75) is 37.6 Å². The summed E-state index contributed by atoms with van der Waals surface area (Å²) in [5.74, 6) is 0.420. The van der Waals surface area contributed by atoms with E-state index in [1.807, 2.05) is 65.6 Å². The van der Waals surface area contributed by atoms with Crippen LogP contribution in [0.25, 0.3) is 0 Å². The molecule has 158 valence electrons. The topological polar surface area (TPSA) is 49.4 Å². The molecule has 5 rings (SSSR count). The number of nitrogens with one attached hydrogen (secondary N) is 1. The fourth-order valence-corrected chi connectivity index (χ4v) is 6.72. The molecule has 0 fully saturated rings. The van der Waals surface area contributed by atoms with Gasteiger partial charge in [-0.25, -0.2) is 0 Å². The zero-order chi connectivity index (χ0) is 21.2. The molecule has 1 atom stereocenters.